The Bertz CT molecular complexity index is 1240. The number of hydrogen-bond acceptors (Lipinski definition) is 7. The molecule has 0 aromatic heterocycles. The summed E-state index contributed by atoms with van der Waals surface area (Å²) in [7, 11) is -3.01. The van der Waals surface area contributed by atoms with Crippen LogP contribution in [-0.2, 0) is 41.0 Å². The number of carbonyl (C=O) groups is 2. The number of ether oxygens (including phenoxy) is 1. The summed E-state index contributed by atoms with van der Waals surface area (Å²) < 4.78 is 36.0. The monoisotopic (exact) mass is 508 g/mol. The third kappa shape index (κ3) is 4.79. The molecule has 0 saturated carbocycles. The first-order valence-corrected chi connectivity index (χ1v) is 12.9. The number of hydrogen-bond donors (Lipinski definition) is 0. The molecule has 2 bridgehead atoms. The van der Waals surface area contributed by atoms with Gasteiger partial charge < -0.3 is 9.64 Å². The van der Waals surface area contributed by atoms with Crippen LogP contribution in [0.25, 0.3) is 0 Å². The number of esters is 1. The molecule has 2 aliphatic heterocycles. The molecule has 36 heavy (non-hydrogen) atoms. The Morgan fingerprint density at radius 1 is 0.861 bits per heavy atom. The lowest BCUT2D eigenvalue weighted by Crippen LogP contribution is -2.39. The molecule has 2 unspecified atom stereocenters. The predicted octanol–water partition coefficient (Wildman–Crippen LogP) is 5.17. The Balaban J connectivity index is 1.43. The van der Waals surface area contributed by atoms with E-state index in [1.54, 1.807) is 18.2 Å². The van der Waals surface area contributed by atoms with Crippen LogP contribution in [0.5, 0.6) is 0 Å². The van der Waals surface area contributed by atoms with Gasteiger partial charge in [-0.15, -0.1) is 0 Å². The minimum atomic E-state index is -4.29. The summed E-state index contributed by atoms with van der Waals surface area (Å²) in [5.74, 6) is -0.570. The highest BCUT2D eigenvalue weighted by atomic mass is 31.2. The van der Waals surface area contributed by atoms with Crippen molar-refractivity contribution < 1.29 is 32.6 Å². The second-order valence-corrected chi connectivity index (χ2v) is 9.95. The third-order valence-corrected chi connectivity index (χ3v) is 7.39. The van der Waals surface area contributed by atoms with Crippen molar-refractivity contribution in [1.29, 1.82) is 0 Å². The van der Waals surface area contributed by atoms with E-state index in [9.17, 15) is 14.2 Å². The molecule has 2 atom stereocenters. The molecule has 1 fully saturated rings. The summed E-state index contributed by atoms with van der Waals surface area (Å²) >= 11 is 0. The van der Waals surface area contributed by atoms with E-state index in [1.165, 1.54) is 12.0 Å². The molecule has 3 aromatic carbocycles. The zero-order valence-corrected chi connectivity index (χ0v) is 20.5. The number of methoxy groups -OCH3 is 1. The molecule has 1 saturated heterocycles. The van der Waals surface area contributed by atoms with E-state index in [1.807, 2.05) is 66.7 Å². The van der Waals surface area contributed by atoms with Gasteiger partial charge in [0.25, 0.3) is 0 Å². The Kier molecular flexibility index (Phi) is 6.89. The highest BCUT2D eigenvalue weighted by molar-refractivity contribution is 7.48. The first kappa shape index (κ1) is 24.2. The Morgan fingerprint density at radius 3 is 1.94 bits per heavy atom. The number of phosphoric ester groups is 1. The fourth-order valence-electron chi connectivity index (χ4n) is 4.38. The maximum atomic E-state index is 13.9. The molecule has 2 aliphatic rings. The summed E-state index contributed by atoms with van der Waals surface area (Å²) in [4.78, 5) is 27.3. The van der Waals surface area contributed by atoms with Gasteiger partial charge >= 0.3 is 19.8 Å². The van der Waals surface area contributed by atoms with E-state index in [2.05, 4.69) is 0 Å². The van der Waals surface area contributed by atoms with Crippen molar-refractivity contribution in [3.05, 3.63) is 107 Å². The maximum Gasteiger partial charge on any atom is 0.497 e. The van der Waals surface area contributed by atoms with Crippen molar-refractivity contribution in [2.24, 2.45) is 0 Å². The van der Waals surface area contributed by atoms with Crippen molar-refractivity contribution in [1.82, 2.24) is 9.96 Å². The Hall–Kier alpha value is -3.49. The van der Waals surface area contributed by atoms with Crippen LogP contribution in [0.2, 0.25) is 0 Å². The van der Waals surface area contributed by atoms with E-state index in [-0.39, 0.29) is 19.8 Å². The van der Waals surface area contributed by atoms with Crippen molar-refractivity contribution in [2.75, 3.05) is 13.7 Å². The number of rotatable bonds is 9. The topological polar surface area (TPSA) is 94.6 Å². The standard InChI is InChI=1S/C26H25N2O7P/c1-32-25(29)24-22-15-9-8-14-21(22)23-16-27(24)26(30)28(23)35-36(31,33-17-19-10-4-2-5-11-19)34-18-20-12-6-3-7-13-20/h2-15,23-24H,16-18H2,1H3. The lowest BCUT2D eigenvalue weighted by atomic mass is 9.91. The number of nitrogens with zero attached hydrogens (tertiary/aromatic N) is 2. The molecule has 0 N–H and O–H groups in total. The van der Waals surface area contributed by atoms with Crippen molar-refractivity contribution in [3.63, 3.8) is 0 Å². The van der Waals surface area contributed by atoms with E-state index < -0.39 is 31.9 Å². The Morgan fingerprint density at radius 2 is 1.39 bits per heavy atom. The normalized spacial score (nSPS) is 18.8. The van der Waals surface area contributed by atoms with Gasteiger partial charge in [0.05, 0.1) is 26.9 Å². The van der Waals surface area contributed by atoms with Crippen LogP contribution in [0.3, 0.4) is 0 Å². The lowest BCUT2D eigenvalue weighted by molar-refractivity contribution is -0.146. The van der Waals surface area contributed by atoms with Crippen molar-refractivity contribution in [3.8, 4) is 0 Å². The molecular weight excluding hydrogens is 483 g/mol. The molecular formula is C26H25N2O7P. The van der Waals surface area contributed by atoms with Crippen LogP contribution in [0, 0.1) is 0 Å². The molecule has 10 heteroatoms. The molecule has 0 spiro atoms. The SMILES string of the molecule is COC(=O)C1c2ccccc2C2CN1C(=O)N2OP(=O)(OCc1ccccc1)OCc1ccccc1. The molecule has 0 aliphatic carbocycles. The first-order chi connectivity index (χ1) is 17.5. The zero-order valence-electron chi connectivity index (χ0n) is 19.6. The van der Waals surface area contributed by atoms with Gasteiger partial charge in [-0.2, -0.15) is 9.69 Å². The van der Waals surface area contributed by atoms with Crippen LogP contribution >= 0.6 is 7.82 Å². The van der Waals surface area contributed by atoms with E-state index in [0.29, 0.717) is 11.1 Å². The van der Waals surface area contributed by atoms with Gasteiger partial charge in [-0.25, -0.2) is 14.2 Å². The fraction of sp³-hybridized carbons (Fsp3) is 0.231. The van der Waals surface area contributed by atoms with E-state index >= 15 is 0 Å². The first-order valence-electron chi connectivity index (χ1n) is 11.4. The molecule has 5 rings (SSSR count). The average Bonchev–Trinajstić information content (AvgIpc) is 3.19. The van der Waals surface area contributed by atoms with Crippen molar-refractivity contribution in [2.45, 2.75) is 25.3 Å². The van der Waals surface area contributed by atoms with Crippen LogP contribution in [0.15, 0.2) is 84.9 Å². The quantitative estimate of drug-likeness (QED) is 0.291. The van der Waals surface area contributed by atoms with Gasteiger partial charge in [-0.05, 0) is 22.3 Å². The summed E-state index contributed by atoms with van der Waals surface area (Å²) in [6.07, 6.45) is 0. The number of phosphoric acid groups is 1. The number of amides is 2. The molecule has 2 heterocycles. The van der Waals surface area contributed by atoms with Crippen LogP contribution in [0.4, 0.5) is 4.79 Å². The molecule has 2 amide bonds. The average molecular weight is 508 g/mol. The number of carbonyl (C=O) groups excluding carboxylic acids is 2. The van der Waals surface area contributed by atoms with E-state index in [0.717, 1.165) is 16.2 Å². The second kappa shape index (κ2) is 10.2. The van der Waals surface area contributed by atoms with Gasteiger partial charge in [0.15, 0.2) is 6.04 Å². The lowest BCUT2D eigenvalue weighted by Gasteiger charge is -2.31. The summed E-state index contributed by atoms with van der Waals surface area (Å²) in [5, 5.41) is 0.999. The van der Waals surface area contributed by atoms with Gasteiger partial charge in [0, 0.05) is 0 Å². The summed E-state index contributed by atoms with van der Waals surface area (Å²) in [5.41, 5.74) is 2.85. The largest absolute Gasteiger partial charge is 0.497 e. The van der Waals surface area contributed by atoms with Gasteiger partial charge in [-0.3, -0.25) is 9.05 Å². The summed E-state index contributed by atoms with van der Waals surface area (Å²) in [6.45, 7) is 0.0579. The molecule has 3 aromatic rings. The van der Waals surface area contributed by atoms with Gasteiger partial charge in [0.1, 0.15) is 6.04 Å². The maximum absolute atomic E-state index is 13.9. The molecule has 0 radical (unpaired) electrons. The zero-order chi connectivity index (χ0) is 25.1. The number of fused-ring (bicyclic) bond motifs is 4. The highest BCUT2D eigenvalue weighted by Gasteiger charge is 2.53. The minimum Gasteiger partial charge on any atom is -0.467 e. The number of benzene rings is 3. The smallest absolute Gasteiger partial charge is 0.467 e. The second-order valence-electron chi connectivity index (χ2n) is 8.38. The van der Waals surface area contributed by atoms with Crippen LogP contribution < -0.4 is 0 Å². The minimum absolute atomic E-state index is 0.0509. The van der Waals surface area contributed by atoms with E-state index in [4.69, 9.17) is 18.4 Å². The highest BCUT2D eigenvalue weighted by Crippen LogP contribution is 2.55. The Labute approximate surface area is 208 Å². The predicted molar refractivity (Wildman–Crippen MR) is 129 cm³/mol. The van der Waals surface area contributed by atoms with Gasteiger partial charge in [0.2, 0.25) is 0 Å². The van der Waals surface area contributed by atoms with Crippen LogP contribution in [-0.4, -0.2) is 35.6 Å². The summed E-state index contributed by atoms with van der Waals surface area (Å²) in [6, 6.07) is 23.3. The van der Waals surface area contributed by atoms with Gasteiger partial charge in [-0.1, -0.05) is 84.9 Å². The fourth-order valence-corrected chi connectivity index (χ4v) is 5.56. The third-order valence-electron chi connectivity index (χ3n) is 6.12. The molecule has 9 nitrogen and oxygen atoms in total. The number of hydroxylamine groups is 2. The van der Waals surface area contributed by atoms with Crippen LogP contribution in [0.1, 0.15) is 34.3 Å². The van der Waals surface area contributed by atoms with Crippen molar-refractivity contribution >= 4 is 19.8 Å². The molecule has 186 valence electrons. The number of urea groups is 1.